The Kier molecular flexibility index (Phi) is 4.05. The molecule has 0 saturated carbocycles. The number of methoxy groups -OCH3 is 1. The molecular formula is C9H11FO2S. The molecule has 0 saturated heterocycles. The Labute approximate surface area is 81.0 Å². The summed E-state index contributed by atoms with van der Waals surface area (Å²) < 4.78 is 22.8. The van der Waals surface area contributed by atoms with Gasteiger partial charge in [-0.05, 0) is 24.5 Å². The molecule has 72 valence electrons. The van der Waals surface area contributed by atoms with Crippen LogP contribution in [0.3, 0.4) is 0 Å². The molecule has 0 amide bonds. The van der Waals surface area contributed by atoms with Crippen LogP contribution in [0.1, 0.15) is 0 Å². The highest BCUT2D eigenvalue weighted by Gasteiger charge is 2.03. The van der Waals surface area contributed by atoms with Gasteiger partial charge in [0.15, 0.2) is 18.4 Å². The van der Waals surface area contributed by atoms with E-state index in [0.29, 0.717) is 0 Å². The average Bonchev–Trinajstić information content (AvgIpc) is 2.16. The molecule has 0 aromatic heterocycles. The van der Waals surface area contributed by atoms with Gasteiger partial charge in [0.2, 0.25) is 0 Å². The first-order chi connectivity index (χ1) is 6.27. The Morgan fingerprint density at radius 2 is 2.23 bits per heavy atom. The van der Waals surface area contributed by atoms with Gasteiger partial charge in [-0.1, -0.05) is 0 Å². The maximum absolute atomic E-state index is 13.2. The van der Waals surface area contributed by atoms with Crippen molar-refractivity contribution >= 4 is 11.8 Å². The summed E-state index contributed by atoms with van der Waals surface area (Å²) in [5.41, 5.74) is 0. The van der Waals surface area contributed by atoms with Crippen molar-refractivity contribution in [2.75, 3.05) is 20.2 Å². The lowest BCUT2D eigenvalue weighted by Crippen LogP contribution is -2.00. The Hall–Kier alpha value is -0.740. The molecule has 4 heteroatoms. The second kappa shape index (κ2) is 5.09. The van der Waals surface area contributed by atoms with Gasteiger partial charge in [0, 0.05) is 12.0 Å². The van der Waals surface area contributed by atoms with Crippen molar-refractivity contribution in [3.63, 3.8) is 0 Å². The van der Waals surface area contributed by atoms with E-state index in [2.05, 4.69) is 4.74 Å². The van der Waals surface area contributed by atoms with E-state index < -0.39 is 0 Å². The molecule has 0 aliphatic carbocycles. The third-order valence-corrected chi connectivity index (χ3v) is 2.20. The van der Waals surface area contributed by atoms with E-state index in [0.717, 1.165) is 4.90 Å². The highest BCUT2D eigenvalue weighted by atomic mass is 32.2. The van der Waals surface area contributed by atoms with Crippen molar-refractivity contribution in [1.29, 1.82) is 0 Å². The summed E-state index contributed by atoms with van der Waals surface area (Å²) in [5, 5.41) is 0. The van der Waals surface area contributed by atoms with Gasteiger partial charge < -0.3 is 9.47 Å². The van der Waals surface area contributed by atoms with Crippen LogP contribution in [0, 0.1) is 5.82 Å². The molecule has 0 aliphatic rings. The van der Waals surface area contributed by atoms with Crippen LogP contribution in [0.15, 0.2) is 23.1 Å². The first kappa shape index (κ1) is 10.3. The average molecular weight is 202 g/mol. The van der Waals surface area contributed by atoms with Gasteiger partial charge in [0.25, 0.3) is 0 Å². The monoisotopic (exact) mass is 202 g/mol. The van der Waals surface area contributed by atoms with Crippen molar-refractivity contribution in [1.82, 2.24) is 0 Å². The molecule has 0 radical (unpaired) electrons. The standard InChI is InChI=1S/C9H11FO2S/c1-11-6-12-9-4-3-7(13-2)5-8(9)10/h3-5H,6H2,1-2H3. The highest BCUT2D eigenvalue weighted by Crippen LogP contribution is 2.23. The number of rotatable bonds is 4. The van der Waals surface area contributed by atoms with Gasteiger partial charge in [-0.3, -0.25) is 0 Å². The molecule has 2 nitrogen and oxygen atoms in total. The van der Waals surface area contributed by atoms with Crippen molar-refractivity contribution in [2.45, 2.75) is 4.90 Å². The number of halogens is 1. The summed E-state index contributed by atoms with van der Waals surface area (Å²) in [7, 11) is 1.49. The Balaban J connectivity index is 2.73. The van der Waals surface area contributed by atoms with Crippen LogP contribution in [0.5, 0.6) is 5.75 Å². The van der Waals surface area contributed by atoms with Crippen molar-refractivity contribution in [3.8, 4) is 5.75 Å². The predicted molar refractivity (Wildman–Crippen MR) is 50.7 cm³/mol. The van der Waals surface area contributed by atoms with Gasteiger partial charge in [-0.15, -0.1) is 11.8 Å². The molecule has 0 fully saturated rings. The minimum atomic E-state index is -0.357. The Bertz CT molecular complexity index is 278. The second-order valence-electron chi connectivity index (χ2n) is 2.35. The predicted octanol–water partition coefficient (Wildman–Crippen LogP) is 2.53. The lowest BCUT2D eigenvalue weighted by molar-refractivity contribution is 0.0482. The summed E-state index contributed by atoms with van der Waals surface area (Å²) in [6.07, 6.45) is 1.89. The highest BCUT2D eigenvalue weighted by molar-refractivity contribution is 7.98. The molecular weight excluding hydrogens is 191 g/mol. The van der Waals surface area contributed by atoms with Crippen molar-refractivity contribution in [2.24, 2.45) is 0 Å². The maximum atomic E-state index is 13.2. The molecule has 0 N–H and O–H groups in total. The number of benzene rings is 1. The molecule has 0 heterocycles. The molecule has 1 aromatic carbocycles. The summed E-state index contributed by atoms with van der Waals surface area (Å²) >= 11 is 1.49. The minimum absolute atomic E-state index is 0.0650. The van der Waals surface area contributed by atoms with E-state index in [1.165, 1.54) is 24.9 Å². The summed E-state index contributed by atoms with van der Waals surface area (Å²) in [5.74, 6) is -0.136. The third kappa shape index (κ3) is 2.90. The fraction of sp³-hybridized carbons (Fsp3) is 0.333. The van der Waals surface area contributed by atoms with Gasteiger partial charge in [-0.2, -0.15) is 0 Å². The first-order valence-electron chi connectivity index (χ1n) is 3.73. The molecule has 0 unspecified atom stereocenters. The molecule has 1 rings (SSSR count). The van der Waals surface area contributed by atoms with E-state index in [4.69, 9.17) is 4.74 Å². The lowest BCUT2D eigenvalue weighted by Gasteiger charge is -2.06. The molecule has 0 aliphatic heterocycles. The molecule has 1 aromatic rings. The van der Waals surface area contributed by atoms with Gasteiger partial charge in [0.1, 0.15) is 0 Å². The van der Waals surface area contributed by atoms with Gasteiger partial charge >= 0.3 is 0 Å². The first-order valence-corrected chi connectivity index (χ1v) is 4.95. The zero-order valence-electron chi connectivity index (χ0n) is 7.54. The van der Waals surface area contributed by atoms with Gasteiger partial charge in [-0.25, -0.2) is 4.39 Å². The van der Waals surface area contributed by atoms with Crippen LogP contribution >= 0.6 is 11.8 Å². The van der Waals surface area contributed by atoms with E-state index in [1.807, 2.05) is 6.26 Å². The second-order valence-corrected chi connectivity index (χ2v) is 3.23. The number of thioether (sulfide) groups is 1. The van der Waals surface area contributed by atoms with Crippen molar-refractivity contribution < 1.29 is 13.9 Å². The zero-order valence-corrected chi connectivity index (χ0v) is 8.36. The maximum Gasteiger partial charge on any atom is 0.188 e. The fourth-order valence-electron chi connectivity index (χ4n) is 0.848. The number of hydrogen-bond acceptors (Lipinski definition) is 3. The summed E-state index contributed by atoms with van der Waals surface area (Å²) in [6.45, 7) is 0.0650. The van der Waals surface area contributed by atoms with E-state index in [-0.39, 0.29) is 18.4 Å². The van der Waals surface area contributed by atoms with Crippen molar-refractivity contribution in [3.05, 3.63) is 24.0 Å². The number of hydrogen-bond donors (Lipinski definition) is 0. The Morgan fingerprint density at radius 3 is 2.77 bits per heavy atom. The SMILES string of the molecule is COCOc1ccc(SC)cc1F. The summed E-state index contributed by atoms with van der Waals surface area (Å²) in [6, 6.07) is 4.84. The van der Waals surface area contributed by atoms with Crippen LogP contribution in [-0.2, 0) is 4.74 Å². The zero-order chi connectivity index (χ0) is 9.68. The smallest absolute Gasteiger partial charge is 0.188 e. The summed E-state index contributed by atoms with van der Waals surface area (Å²) in [4.78, 5) is 0.877. The number of ether oxygens (including phenoxy) is 2. The van der Waals surface area contributed by atoms with Crippen LogP contribution in [0.4, 0.5) is 4.39 Å². The van der Waals surface area contributed by atoms with Crippen LogP contribution in [0.25, 0.3) is 0 Å². The third-order valence-electron chi connectivity index (χ3n) is 1.47. The topological polar surface area (TPSA) is 18.5 Å². The quantitative estimate of drug-likeness (QED) is 0.552. The van der Waals surface area contributed by atoms with Crippen LogP contribution in [0.2, 0.25) is 0 Å². The molecule has 13 heavy (non-hydrogen) atoms. The normalized spacial score (nSPS) is 10.1. The van der Waals surface area contributed by atoms with Gasteiger partial charge in [0.05, 0.1) is 0 Å². The largest absolute Gasteiger partial charge is 0.464 e. The van der Waals surface area contributed by atoms with E-state index in [9.17, 15) is 4.39 Å². The van der Waals surface area contributed by atoms with Crippen LogP contribution in [-0.4, -0.2) is 20.2 Å². The molecule has 0 atom stereocenters. The Morgan fingerprint density at radius 1 is 1.46 bits per heavy atom. The van der Waals surface area contributed by atoms with E-state index >= 15 is 0 Å². The fourth-order valence-corrected chi connectivity index (χ4v) is 1.27. The van der Waals surface area contributed by atoms with E-state index in [1.54, 1.807) is 12.1 Å². The minimum Gasteiger partial charge on any atom is -0.464 e. The lowest BCUT2D eigenvalue weighted by atomic mass is 10.3. The molecule has 0 bridgehead atoms. The molecule has 0 spiro atoms. The van der Waals surface area contributed by atoms with Crippen LogP contribution < -0.4 is 4.74 Å².